The zero-order valence-corrected chi connectivity index (χ0v) is 26.5. The number of aliphatic hydroxyl groups excluding tert-OH is 1. The molecule has 3 aromatic carbocycles. The molecule has 2 N–H and O–H groups in total. The topological polar surface area (TPSA) is 127 Å². The summed E-state index contributed by atoms with van der Waals surface area (Å²) in [5.41, 5.74) is 3.79. The van der Waals surface area contributed by atoms with Crippen molar-refractivity contribution in [3.8, 4) is 0 Å². The van der Waals surface area contributed by atoms with Gasteiger partial charge < -0.3 is 29.4 Å². The van der Waals surface area contributed by atoms with Crippen LogP contribution in [-0.4, -0.2) is 72.9 Å². The van der Waals surface area contributed by atoms with E-state index in [1.807, 2.05) is 54.6 Å². The predicted molar refractivity (Wildman–Crippen MR) is 172 cm³/mol. The Morgan fingerprint density at radius 2 is 1.70 bits per heavy atom. The van der Waals surface area contributed by atoms with Crippen molar-refractivity contribution in [1.82, 2.24) is 10.2 Å². The second-order valence-corrected chi connectivity index (χ2v) is 12.2. The van der Waals surface area contributed by atoms with E-state index >= 15 is 0 Å². The Hall–Kier alpha value is -4.13. The van der Waals surface area contributed by atoms with Crippen LogP contribution in [0.5, 0.6) is 0 Å². The minimum atomic E-state index is -1.01. The van der Waals surface area contributed by atoms with Crippen molar-refractivity contribution in [2.75, 3.05) is 31.7 Å². The number of amides is 3. The maximum Gasteiger partial charge on any atom is 0.408 e. The first kappa shape index (κ1) is 32.8. The number of ether oxygens (including phenoxy) is 4. The molecule has 0 radical (unpaired) electrons. The summed E-state index contributed by atoms with van der Waals surface area (Å²) < 4.78 is 23.7. The minimum absolute atomic E-state index is 0.0282. The molecule has 0 aromatic heterocycles. The van der Waals surface area contributed by atoms with Gasteiger partial charge in [-0.2, -0.15) is 0 Å². The molecule has 1 unspecified atom stereocenters. The summed E-state index contributed by atoms with van der Waals surface area (Å²) in [6.45, 7) is 2.44. The van der Waals surface area contributed by atoms with Gasteiger partial charge in [-0.15, -0.1) is 0 Å². The van der Waals surface area contributed by atoms with E-state index in [1.54, 1.807) is 31.4 Å². The lowest BCUT2D eigenvalue weighted by Gasteiger charge is -2.38. The van der Waals surface area contributed by atoms with E-state index in [4.69, 9.17) is 18.9 Å². The van der Waals surface area contributed by atoms with Gasteiger partial charge in [0.25, 0.3) is 5.91 Å². The molecule has 6 rings (SSSR count). The van der Waals surface area contributed by atoms with Crippen molar-refractivity contribution < 1.29 is 38.4 Å². The number of carbonyl (C=O) groups excluding carboxylic acids is 3. The SMILES string of the molecule is COC[C@@H]1CCCN1C[C@H]1C[C@@H](c2ccc(CO)cc2)O[C@@H](c2ccc(N3C(=O)CC(NC(=O)OCc4ccccc4)C3=O)cc2)O1. The van der Waals surface area contributed by atoms with Gasteiger partial charge in [-0.25, -0.2) is 9.69 Å². The predicted octanol–water partition coefficient (Wildman–Crippen LogP) is 4.39. The third-order valence-corrected chi connectivity index (χ3v) is 8.99. The van der Waals surface area contributed by atoms with Crippen LogP contribution in [0.25, 0.3) is 0 Å². The molecule has 3 fully saturated rings. The number of hydrogen-bond acceptors (Lipinski definition) is 9. The number of anilines is 1. The van der Waals surface area contributed by atoms with Crippen LogP contribution in [0.15, 0.2) is 78.9 Å². The van der Waals surface area contributed by atoms with E-state index in [1.165, 1.54) is 0 Å². The minimum Gasteiger partial charge on any atom is -0.445 e. The van der Waals surface area contributed by atoms with Crippen molar-refractivity contribution in [1.29, 1.82) is 0 Å². The molecule has 3 heterocycles. The number of aliphatic hydroxyl groups is 1. The molecule has 0 saturated carbocycles. The standard InChI is InChI=1S/C36H41N3O8/c1-44-23-29-8-5-17-38(29)20-30-18-32(26-11-9-24(21-40)10-12-26)47-35(46-30)27-13-15-28(16-14-27)39-33(41)19-31(34(39)42)37-36(43)45-22-25-6-3-2-4-7-25/h2-4,6-7,9-16,29-32,35,40H,5,8,17-23H2,1H3,(H,37,43)/t29-,30+,31?,32-,35-/m0/s1. The Kier molecular flexibility index (Phi) is 10.6. The average molecular weight is 644 g/mol. The highest BCUT2D eigenvalue weighted by atomic mass is 16.7. The van der Waals surface area contributed by atoms with Crippen molar-refractivity contribution >= 4 is 23.6 Å². The molecule has 47 heavy (non-hydrogen) atoms. The van der Waals surface area contributed by atoms with Crippen LogP contribution in [0.4, 0.5) is 10.5 Å². The number of carbonyl (C=O) groups is 3. The zero-order valence-electron chi connectivity index (χ0n) is 26.5. The third-order valence-electron chi connectivity index (χ3n) is 8.99. The number of likely N-dealkylation sites (tertiary alicyclic amines) is 1. The van der Waals surface area contributed by atoms with E-state index in [-0.39, 0.29) is 31.8 Å². The maximum atomic E-state index is 13.2. The van der Waals surface area contributed by atoms with Crippen LogP contribution in [0, 0.1) is 0 Å². The van der Waals surface area contributed by atoms with Crippen LogP contribution in [0.2, 0.25) is 0 Å². The fraction of sp³-hybridized carbons (Fsp3) is 0.417. The van der Waals surface area contributed by atoms with Gasteiger partial charge in [0.1, 0.15) is 12.6 Å². The zero-order chi connectivity index (χ0) is 32.8. The van der Waals surface area contributed by atoms with E-state index in [0.29, 0.717) is 24.8 Å². The average Bonchev–Trinajstić information content (AvgIpc) is 3.65. The first-order valence-corrected chi connectivity index (χ1v) is 16.1. The molecule has 3 saturated heterocycles. The highest BCUT2D eigenvalue weighted by Crippen LogP contribution is 2.39. The van der Waals surface area contributed by atoms with Gasteiger partial charge >= 0.3 is 6.09 Å². The van der Waals surface area contributed by atoms with Gasteiger partial charge in [-0.1, -0.05) is 66.7 Å². The molecular weight excluding hydrogens is 602 g/mol. The Labute approximate surface area is 274 Å². The number of rotatable bonds is 11. The fourth-order valence-corrected chi connectivity index (χ4v) is 6.51. The lowest BCUT2D eigenvalue weighted by atomic mass is 9.99. The van der Waals surface area contributed by atoms with Crippen molar-refractivity contribution in [2.45, 2.75) is 69.5 Å². The molecule has 5 atom stereocenters. The summed E-state index contributed by atoms with van der Waals surface area (Å²) in [5, 5.41) is 12.0. The molecule has 11 nitrogen and oxygen atoms in total. The largest absolute Gasteiger partial charge is 0.445 e. The number of nitrogens with zero attached hydrogens (tertiary/aromatic N) is 2. The summed E-state index contributed by atoms with van der Waals surface area (Å²) in [4.78, 5) is 42.0. The van der Waals surface area contributed by atoms with Gasteiger partial charge in [-0.3, -0.25) is 14.5 Å². The van der Waals surface area contributed by atoms with Gasteiger partial charge in [0, 0.05) is 31.7 Å². The second kappa shape index (κ2) is 15.2. The number of alkyl carbamates (subject to hydrolysis) is 1. The van der Waals surface area contributed by atoms with Crippen LogP contribution in [0.3, 0.4) is 0 Å². The molecule has 3 aliphatic rings. The number of methoxy groups -OCH3 is 1. The summed E-state index contributed by atoms with van der Waals surface area (Å²) in [7, 11) is 1.73. The lowest BCUT2D eigenvalue weighted by molar-refractivity contribution is -0.253. The van der Waals surface area contributed by atoms with Gasteiger partial charge in [-0.05, 0) is 48.2 Å². The van der Waals surface area contributed by atoms with Crippen molar-refractivity contribution in [3.05, 3.63) is 101 Å². The summed E-state index contributed by atoms with van der Waals surface area (Å²) in [5.74, 6) is -0.934. The molecule has 0 bridgehead atoms. The van der Waals surface area contributed by atoms with Gasteiger partial charge in [0.15, 0.2) is 6.29 Å². The first-order chi connectivity index (χ1) is 22.9. The maximum absolute atomic E-state index is 13.2. The summed E-state index contributed by atoms with van der Waals surface area (Å²) in [6, 6.07) is 23.3. The van der Waals surface area contributed by atoms with Crippen LogP contribution >= 0.6 is 0 Å². The number of hydrogen-bond donors (Lipinski definition) is 2. The monoisotopic (exact) mass is 643 g/mol. The Bertz CT molecular complexity index is 1520. The van der Waals surface area contributed by atoms with Crippen molar-refractivity contribution in [3.63, 3.8) is 0 Å². The molecule has 3 aliphatic heterocycles. The Balaban J connectivity index is 1.13. The molecule has 248 valence electrons. The molecule has 0 aliphatic carbocycles. The highest BCUT2D eigenvalue weighted by Gasteiger charge is 2.41. The van der Waals surface area contributed by atoms with E-state index in [0.717, 1.165) is 53.1 Å². The summed E-state index contributed by atoms with van der Waals surface area (Å²) in [6.07, 6.45) is 0.944. The molecule has 0 spiro atoms. The van der Waals surface area contributed by atoms with E-state index in [2.05, 4.69) is 10.2 Å². The Morgan fingerprint density at radius 1 is 0.957 bits per heavy atom. The van der Waals surface area contributed by atoms with Crippen LogP contribution in [0.1, 0.15) is 60.3 Å². The molecule has 11 heteroatoms. The Morgan fingerprint density at radius 3 is 2.43 bits per heavy atom. The smallest absolute Gasteiger partial charge is 0.408 e. The normalized spacial score (nSPS) is 24.9. The number of benzene rings is 3. The second-order valence-electron chi connectivity index (χ2n) is 12.2. The quantitative estimate of drug-likeness (QED) is 0.293. The third kappa shape index (κ3) is 7.89. The number of nitrogens with one attached hydrogen (secondary N) is 1. The van der Waals surface area contributed by atoms with E-state index in [9.17, 15) is 19.5 Å². The van der Waals surface area contributed by atoms with Crippen LogP contribution in [-0.2, 0) is 41.8 Å². The summed E-state index contributed by atoms with van der Waals surface area (Å²) >= 11 is 0. The molecular formula is C36H41N3O8. The lowest BCUT2D eigenvalue weighted by Crippen LogP contribution is -2.42. The van der Waals surface area contributed by atoms with Crippen LogP contribution < -0.4 is 10.2 Å². The highest BCUT2D eigenvalue weighted by molar-refractivity contribution is 6.22. The van der Waals surface area contributed by atoms with Gasteiger partial charge in [0.05, 0.1) is 37.5 Å². The van der Waals surface area contributed by atoms with E-state index < -0.39 is 30.2 Å². The number of imide groups is 1. The molecule has 3 aromatic rings. The van der Waals surface area contributed by atoms with Crippen molar-refractivity contribution in [2.24, 2.45) is 0 Å². The first-order valence-electron chi connectivity index (χ1n) is 16.1. The molecule has 3 amide bonds. The van der Waals surface area contributed by atoms with Gasteiger partial charge in [0.2, 0.25) is 5.91 Å². The fourth-order valence-electron chi connectivity index (χ4n) is 6.51.